The lowest BCUT2D eigenvalue weighted by molar-refractivity contribution is 0.225. The number of imidazole rings is 1. The Morgan fingerprint density at radius 3 is 2.62 bits per heavy atom. The van der Waals surface area contributed by atoms with Gasteiger partial charge in [-0.1, -0.05) is 30.3 Å². The van der Waals surface area contributed by atoms with E-state index in [-0.39, 0.29) is 18.3 Å². The Labute approximate surface area is 93.2 Å². The van der Waals surface area contributed by atoms with Crippen LogP contribution in [0.3, 0.4) is 0 Å². The summed E-state index contributed by atoms with van der Waals surface area (Å²) in [6, 6.07) is 9.61. The third-order valence-electron chi connectivity index (χ3n) is 2.59. The quantitative estimate of drug-likeness (QED) is 0.802. The van der Waals surface area contributed by atoms with E-state index in [2.05, 4.69) is 4.98 Å². The molecule has 0 aliphatic carbocycles. The lowest BCUT2D eigenvalue weighted by atomic mass is 10.1. The number of rotatable bonds is 4. The van der Waals surface area contributed by atoms with Gasteiger partial charge in [0.15, 0.2) is 0 Å². The third-order valence-corrected chi connectivity index (χ3v) is 2.59. The van der Waals surface area contributed by atoms with Gasteiger partial charge < -0.3 is 10.1 Å². The third kappa shape index (κ3) is 2.23. The molecule has 84 valence electrons. The molecule has 4 nitrogen and oxygen atoms in total. The van der Waals surface area contributed by atoms with Crippen LogP contribution in [0.4, 0.5) is 0 Å². The zero-order valence-electron chi connectivity index (χ0n) is 8.84. The van der Waals surface area contributed by atoms with Gasteiger partial charge in [-0.3, -0.25) is 4.57 Å². The Bertz CT molecular complexity index is 487. The maximum absolute atomic E-state index is 11.4. The summed E-state index contributed by atoms with van der Waals surface area (Å²) in [6.07, 6.45) is 3.89. The average Bonchev–Trinajstić information content (AvgIpc) is 2.74. The minimum atomic E-state index is -0.207. The van der Waals surface area contributed by atoms with E-state index < -0.39 is 0 Å². The predicted molar refractivity (Wildman–Crippen MR) is 61.3 cm³/mol. The first kappa shape index (κ1) is 10.7. The number of aliphatic hydroxyl groups is 1. The van der Waals surface area contributed by atoms with Gasteiger partial charge in [0, 0.05) is 12.4 Å². The highest BCUT2D eigenvalue weighted by Crippen LogP contribution is 2.11. The molecule has 4 heteroatoms. The lowest BCUT2D eigenvalue weighted by Crippen LogP contribution is -2.25. The van der Waals surface area contributed by atoms with Crippen molar-refractivity contribution in [3.63, 3.8) is 0 Å². The normalized spacial score (nSPS) is 12.6. The Kier molecular flexibility index (Phi) is 3.22. The highest BCUT2D eigenvalue weighted by atomic mass is 16.3. The van der Waals surface area contributed by atoms with Crippen LogP contribution in [-0.4, -0.2) is 21.3 Å². The highest BCUT2D eigenvalue weighted by Gasteiger charge is 2.12. The maximum Gasteiger partial charge on any atom is 0.325 e. The Balaban J connectivity index is 2.19. The van der Waals surface area contributed by atoms with Crippen LogP contribution in [0.5, 0.6) is 0 Å². The molecule has 1 aromatic carbocycles. The van der Waals surface area contributed by atoms with Crippen molar-refractivity contribution in [1.82, 2.24) is 9.55 Å². The molecule has 0 unspecified atom stereocenters. The molecule has 16 heavy (non-hydrogen) atoms. The molecular weight excluding hydrogens is 204 g/mol. The van der Waals surface area contributed by atoms with Crippen LogP contribution < -0.4 is 5.69 Å². The van der Waals surface area contributed by atoms with E-state index in [4.69, 9.17) is 0 Å². The summed E-state index contributed by atoms with van der Waals surface area (Å²) in [4.78, 5) is 14.0. The van der Waals surface area contributed by atoms with E-state index in [9.17, 15) is 9.90 Å². The summed E-state index contributed by atoms with van der Waals surface area (Å²) in [5.41, 5.74) is 0.921. The van der Waals surface area contributed by atoms with Gasteiger partial charge in [0.25, 0.3) is 0 Å². The van der Waals surface area contributed by atoms with Gasteiger partial charge in [-0.25, -0.2) is 4.79 Å². The lowest BCUT2D eigenvalue weighted by Gasteiger charge is -2.14. The number of aromatic amines is 1. The fourth-order valence-electron chi connectivity index (χ4n) is 1.76. The zero-order valence-corrected chi connectivity index (χ0v) is 8.84. The Morgan fingerprint density at radius 2 is 2.06 bits per heavy atom. The van der Waals surface area contributed by atoms with Crippen LogP contribution in [0, 0.1) is 0 Å². The van der Waals surface area contributed by atoms with Crippen molar-refractivity contribution in [3.8, 4) is 0 Å². The number of nitrogens with zero attached hydrogens (tertiary/aromatic N) is 1. The fourth-order valence-corrected chi connectivity index (χ4v) is 1.76. The highest BCUT2D eigenvalue weighted by molar-refractivity contribution is 5.15. The number of H-pyrrole nitrogens is 1. The van der Waals surface area contributed by atoms with Crippen molar-refractivity contribution < 1.29 is 5.11 Å². The largest absolute Gasteiger partial charge is 0.394 e. The molecular formula is C12H14N2O2. The van der Waals surface area contributed by atoms with Crippen molar-refractivity contribution in [1.29, 1.82) is 0 Å². The monoisotopic (exact) mass is 218 g/mol. The van der Waals surface area contributed by atoms with Crippen molar-refractivity contribution in [2.45, 2.75) is 12.5 Å². The molecule has 0 saturated carbocycles. The molecule has 0 aliphatic rings. The van der Waals surface area contributed by atoms with Crippen LogP contribution >= 0.6 is 0 Å². The molecule has 0 bridgehead atoms. The predicted octanol–water partition coefficient (Wildman–Crippen LogP) is 0.953. The van der Waals surface area contributed by atoms with Crippen LogP contribution in [0.15, 0.2) is 47.5 Å². The summed E-state index contributed by atoms with van der Waals surface area (Å²) in [5, 5.41) is 9.31. The van der Waals surface area contributed by atoms with Gasteiger partial charge in [-0.15, -0.1) is 0 Å². The van der Waals surface area contributed by atoms with Gasteiger partial charge in [0.05, 0.1) is 12.6 Å². The molecule has 1 heterocycles. The van der Waals surface area contributed by atoms with Crippen LogP contribution in [0.2, 0.25) is 0 Å². The minimum Gasteiger partial charge on any atom is -0.394 e. The van der Waals surface area contributed by atoms with Gasteiger partial charge in [0.2, 0.25) is 0 Å². The first-order valence-corrected chi connectivity index (χ1v) is 5.21. The molecule has 1 atom stereocenters. The first-order chi connectivity index (χ1) is 7.81. The standard InChI is InChI=1S/C12H14N2O2/c15-9-11(14-7-6-13-12(14)16)8-10-4-2-1-3-5-10/h1-7,11,15H,8-9H2,(H,13,16)/t11-/m0/s1. The smallest absolute Gasteiger partial charge is 0.325 e. The average molecular weight is 218 g/mol. The van der Waals surface area contributed by atoms with E-state index in [1.54, 1.807) is 12.4 Å². The molecule has 0 saturated heterocycles. The fraction of sp³-hybridized carbons (Fsp3) is 0.250. The molecule has 0 fully saturated rings. The Morgan fingerprint density at radius 1 is 1.31 bits per heavy atom. The van der Waals surface area contributed by atoms with E-state index in [0.717, 1.165) is 5.56 Å². The molecule has 1 aromatic heterocycles. The molecule has 2 N–H and O–H groups in total. The van der Waals surface area contributed by atoms with E-state index in [0.29, 0.717) is 6.42 Å². The molecule has 0 aliphatic heterocycles. The van der Waals surface area contributed by atoms with Crippen LogP contribution in [0.1, 0.15) is 11.6 Å². The van der Waals surface area contributed by atoms with E-state index in [1.165, 1.54) is 4.57 Å². The minimum absolute atomic E-state index is 0.0490. The second-order valence-corrected chi connectivity index (χ2v) is 3.70. The SMILES string of the molecule is O=c1[nH]ccn1[C@H](CO)Cc1ccccc1. The number of hydrogen-bond donors (Lipinski definition) is 2. The summed E-state index contributed by atoms with van der Waals surface area (Å²) in [6.45, 7) is -0.0490. The number of aromatic nitrogens is 2. The second kappa shape index (κ2) is 4.81. The summed E-state index contributed by atoms with van der Waals surface area (Å²) < 4.78 is 1.52. The van der Waals surface area contributed by atoms with Gasteiger partial charge in [0.1, 0.15) is 0 Å². The van der Waals surface area contributed by atoms with E-state index in [1.807, 2.05) is 30.3 Å². The van der Waals surface area contributed by atoms with Gasteiger partial charge in [-0.05, 0) is 12.0 Å². The number of aliphatic hydroxyl groups excluding tert-OH is 1. The van der Waals surface area contributed by atoms with Gasteiger partial charge >= 0.3 is 5.69 Å². The summed E-state index contributed by atoms with van der Waals surface area (Å²) in [7, 11) is 0. The number of benzene rings is 1. The van der Waals surface area contributed by atoms with Gasteiger partial charge in [-0.2, -0.15) is 0 Å². The van der Waals surface area contributed by atoms with Crippen molar-refractivity contribution >= 4 is 0 Å². The Hall–Kier alpha value is -1.81. The topological polar surface area (TPSA) is 58.0 Å². The van der Waals surface area contributed by atoms with Crippen molar-refractivity contribution in [3.05, 3.63) is 58.8 Å². The second-order valence-electron chi connectivity index (χ2n) is 3.70. The van der Waals surface area contributed by atoms with Crippen LogP contribution in [0.25, 0.3) is 0 Å². The maximum atomic E-state index is 11.4. The zero-order chi connectivity index (χ0) is 11.4. The van der Waals surface area contributed by atoms with Crippen molar-refractivity contribution in [2.75, 3.05) is 6.61 Å². The molecule has 0 radical (unpaired) electrons. The van der Waals surface area contributed by atoms with Crippen LogP contribution in [-0.2, 0) is 6.42 Å². The molecule has 2 rings (SSSR count). The van der Waals surface area contributed by atoms with Crippen molar-refractivity contribution in [2.24, 2.45) is 0 Å². The number of nitrogens with one attached hydrogen (secondary N) is 1. The summed E-state index contributed by atoms with van der Waals surface area (Å²) in [5.74, 6) is 0. The molecule has 0 spiro atoms. The molecule has 2 aromatic rings. The van der Waals surface area contributed by atoms with E-state index >= 15 is 0 Å². The summed E-state index contributed by atoms with van der Waals surface area (Å²) >= 11 is 0. The number of hydrogen-bond acceptors (Lipinski definition) is 2. The first-order valence-electron chi connectivity index (χ1n) is 5.21. The molecule has 0 amide bonds.